The topological polar surface area (TPSA) is 67.3 Å². The number of aliphatic hydroxyl groups excluding tert-OH is 1. The zero-order chi connectivity index (χ0) is 11.1. The monoisotopic (exact) mass is 231 g/mol. The van der Waals surface area contributed by atoms with E-state index in [1.807, 2.05) is 0 Å². The SMILES string of the molecule is COc1c(Cl)ncnc1NCCCCO. The number of halogens is 1. The lowest BCUT2D eigenvalue weighted by Gasteiger charge is -2.09. The van der Waals surface area contributed by atoms with Crippen molar-refractivity contribution in [3.8, 4) is 5.75 Å². The quantitative estimate of drug-likeness (QED) is 0.571. The number of ether oxygens (including phenoxy) is 1. The van der Waals surface area contributed by atoms with E-state index in [0.717, 1.165) is 12.8 Å². The lowest BCUT2D eigenvalue weighted by atomic mass is 10.3. The summed E-state index contributed by atoms with van der Waals surface area (Å²) in [6.07, 6.45) is 2.99. The fourth-order valence-electron chi connectivity index (χ4n) is 1.10. The first-order valence-electron chi connectivity index (χ1n) is 4.68. The molecule has 0 amide bonds. The summed E-state index contributed by atoms with van der Waals surface area (Å²) in [5, 5.41) is 12.0. The van der Waals surface area contributed by atoms with Crippen LogP contribution in [-0.4, -0.2) is 35.3 Å². The van der Waals surface area contributed by atoms with Crippen molar-refractivity contribution >= 4 is 17.4 Å². The van der Waals surface area contributed by atoms with Gasteiger partial charge < -0.3 is 15.2 Å². The number of rotatable bonds is 6. The maximum Gasteiger partial charge on any atom is 0.198 e. The highest BCUT2D eigenvalue weighted by molar-refractivity contribution is 6.31. The summed E-state index contributed by atoms with van der Waals surface area (Å²) in [7, 11) is 1.52. The summed E-state index contributed by atoms with van der Waals surface area (Å²) in [5.74, 6) is 1.03. The molecular formula is C9H14ClN3O2. The second-order valence-electron chi connectivity index (χ2n) is 2.90. The molecule has 0 spiro atoms. The van der Waals surface area contributed by atoms with Gasteiger partial charge >= 0.3 is 0 Å². The van der Waals surface area contributed by atoms with E-state index in [4.69, 9.17) is 21.4 Å². The first-order valence-corrected chi connectivity index (χ1v) is 5.06. The molecule has 15 heavy (non-hydrogen) atoms. The number of nitrogens with zero attached hydrogens (tertiary/aromatic N) is 2. The Morgan fingerprint density at radius 3 is 2.93 bits per heavy atom. The van der Waals surface area contributed by atoms with Gasteiger partial charge in [-0.3, -0.25) is 0 Å². The number of methoxy groups -OCH3 is 1. The molecule has 0 fully saturated rings. The standard InChI is InChI=1S/C9H14ClN3O2/c1-15-7-8(10)12-6-13-9(7)11-4-2-3-5-14/h6,14H,2-5H2,1H3,(H,11,12,13). The Labute approximate surface area is 93.5 Å². The molecule has 0 saturated heterocycles. The van der Waals surface area contributed by atoms with Crippen LogP contribution in [-0.2, 0) is 0 Å². The van der Waals surface area contributed by atoms with E-state index in [2.05, 4.69) is 15.3 Å². The molecule has 0 aliphatic heterocycles. The Morgan fingerprint density at radius 2 is 2.27 bits per heavy atom. The van der Waals surface area contributed by atoms with Crippen LogP contribution >= 0.6 is 11.6 Å². The van der Waals surface area contributed by atoms with Crippen molar-refractivity contribution in [1.82, 2.24) is 9.97 Å². The summed E-state index contributed by atoms with van der Waals surface area (Å²) < 4.78 is 5.06. The summed E-state index contributed by atoms with van der Waals surface area (Å²) in [6, 6.07) is 0. The molecule has 0 radical (unpaired) electrons. The van der Waals surface area contributed by atoms with Gasteiger partial charge in [-0.25, -0.2) is 9.97 Å². The highest BCUT2D eigenvalue weighted by atomic mass is 35.5. The van der Waals surface area contributed by atoms with Crippen LogP contribution < -0.4 is 10.1 Å². The molecule has 1 aromatic heterocycles. The zero-order valence-electron chi connectivity index (χ0n) is 8.53. The van der Waals surface area contributed by atoms with Crippen molar-refractivity contribution < 1.29 is 9.84 Å². The number of unbranched alkanes of at least 4 members (excludes halogenated alkanes) is 1. The molecule has 1 aromatic rings. The highest BCUT2D eigenvalue weighted by Crippen LogP contribution is 2.28. The van der Waals surface area contributed by atoms with E-state index in [0.29, 0.717) is 18.1 Å². The van der Waals surface area contributed by atoms with Crippen LogP contribution in [0.15, 0.2) is 6.33 Å². The molecule has 1 rings (SSSR count). The third-order valence-electron chi connectivity index (χ3n) is 1.84. The van der Waals surface area contributed by atoms with Gasteiger partial charge in [0.2, 0.25) is 0 Å². The van der Waals surface area contributed by atoms with Crippen LogP contribution in [0.4, 0.5) is 5.82 Å². The molecular weight excluding hydrogens is 218 g/mol. The van der Waals surface area contributed by atoms with Gasteiger partial charge in [0.15, 0.2) is 16.7 Å². The second-order valence-corrected chi connectivity index (χ2v) is 3.26. The highest BCUT2D eigenvalue weighted by Gasteiger charge is 2.08. The maximum atomic E-state index is 8.61. The zero-order valence-corrected chi connectivity index (χ0v) is 9.29. The Kier molecular flexibility index (Phi) is 5.14. The van der Waals surface area contributed by atoms with Crippen molar-refractivity contribution in [3.63, 3.8) is 0 Å². The van der Waals surface area contributed by atoms with Crippen LogP contribution in [0.25, 0.3) is 0 Å². The molecule has 2 N–H and O–H groups in total. The minimum absolute atomic E-state index is 0.198. The van der Waals surface area contributed by atoms with Crippen molar-refractivity contribution in [2.24, 2.45) is 0 Å². The maximum absolute atomic E-state index is 8.61. The average Bonchev–Trinajstić information content (AvgIpc) is 2.24. The normalized spacial score (nSPS) is 10.1. The Bertz CT molecular complexity index is 309. The van der Waals surface area contributed by atoms with Gasteiger partial charge in [0.05, 0.1) is 7.11 Å². The molecule has 1 heterocycles. The summed E-state index contributed by atoms with van der Waals surface area (Å²) in [5.41, 5.74) is 0. The van der Waals surface area contributed by atoms with E-state index in [-0.39, 0.29) is 11.8 Å². The number of aliphatic hydroxyl groups is 1. The van der Waals surface area contributed by atoms with Crippen LogP contribution in [0.2, 0.25) is 5.15 Å². The summed E-state index contributed by atoms with van der Waals surface area (Å²) >= 11 is 5.81. The molecule has 0 unspecified atom stereocenters. The van der Waals surface area contributed by atoms with E-state index >= 15 is 0 Å². The lowest BCUT2D eigenvalue weighted by molar-refractivity contribution is 0.286. The molecule has 5 nitrogen and oxygen atoms in total. The predicted molar refractivity (Wildman–Crippen MR) is 58.4 cm³/mol. The van der Waals surface area contributed by atoms with Crippen molar-refractivity contribution in [2.75, 3.05) is 25.6 Å². The third-order valence-corrected chi connectivity index (χ3v) is 2.11. The van der Waals surface area contributed by atoms with Crippen LogP contribution in [0.1, 0.15) is 12.8 Å². The first-order chi connectivity index (χ1) is 7.29. The fourth-order valence-corrected chi connectivity index (χ4v) is 1.31. The second kappa shape index (κ2) is 6.42. The van der Waals surface area contributed by atoms with Gasteiger partial charge in [-0.1, -0.05) is 11.6 Å². The largest absolute Gasteiger partial charge is 0.490 e. The number of hydrogen-bond donors (Lipinski definition) is 2. The van der Waals surface area contributed by atoms with E-state index in [9.17, 15) is 0 Å². The van der Waals surface area contributed by atoms with Crippen LogP contribution in [0.3, 0.4) is 0 Å². The van der Waals surface area contributed by atoms with Crippen LogP contribution in [0.5, 0.6) is 5.75 Å². The Morgan fingerprint density at radius 1 is 1.47 bits per heavy atom. The average molecular weight is 232 g/mol. The predicted octanol–water partition coefficient (Wildman–Crippen LogP) is 1.32. The molecule has 0 saturated carbocycles. The van der Waals surface area contributed by atoms with Gasteiger partial charge in [0.1, 0.15) is 6.33 Å². The third kappa shape index (κ3) is 3.53. The molecule has 0 aromatic carbocycles. The molecule has 0 aliphatic carbocycles. The van der Waals surface area contributed by atoms with Crippen molar-refractivity contribution in [3.05, 3.63) is 11.5 Å². The van der Waals surface area contributed by atoms with Gasteiger partial charge in [0, 0.05) is 13.2 Å². The minimum atomic E-state index is 0.198. The van der Waals surface area contributed by atoms with Crippen molar-refractivity contribution in [1.29, 1.82) is 0 Å². The molecule has 84 valence electrons. The van der Waals surface area contributed by atoms with E-state index in [1.54, 1.807) is 0 Å². The molecule has 6 heteroatoms. The number of anilines is 1. The Hall–Kier alpha value is -1.07. The number of hydrogen-bond acceptors (Lipinski definition) is 5. The van der Waals surface area contributed by atoms with Crippen LogP contribution in [0, 0.1) is 0 Å². The van der Waals surface area contributed by atoms with Gasteiger partial charge in [-0.2, -0.15) is 0 Å². The Balaban J connectivity index is 2.56. The molecule has 0 aliphatic rings. The number of nitrogens with one attached hydrogen (secondary N) is 1. The minimum Gasteiger partial charge on any atom is -0.490 e. The van der Waals surface area contributed by atoms with Gasteiger partial charge in [-0.05, 0) is 12.8 Å². The van der Waals surface area contributed by atoms with E-state index < -0.39 is 0 Å². The summed E-state index contributed by atoms with van der Waals surface area (Å²) in [6.45, 7) is 0.910. The summed E-state index contributed by atoms with van der Waals surface area (Å²) in [4.78, 5) is 7.82. The van der Waals surface area contributed by atoms with Crippen molar-refractivity contribution in [2.45, 2.75) is 12.8 Å². The van der Waals surface area contributed by atoms with Gasteiger partial charge in [0.25, 0.3) is 0 Å². The van der Waals surface area contributed by atoms with E-state index in [1.165, 1.54) is 13.4 Å². The first kappa shape index (κ1) is 12.0. The lowest BCUT2D eigenvalue weighted by Crippen LogP contribution is -2.06. The van der Waals surface area contributed by atoms with Gasteiger partial charge in [-0.15, -0.1) is 0 Å². The number of aromatic nitrogens is 2. The molecule has 0 bridgehead atoms. The smallest absolute Gasteiger partial charge is 0.198 e. The fraction of sp³-hybridized carbons (Fsp3) is 0.556. The molecule has 0 atom stereocenters.